The average Bonchev–Trinajstić information content (AvgIpc) is 3.64. The third kappa shape index (κ3) is 6.25. The highest BCUT2D eigenvalue weighted by molar-refractivity contribution is 6.36. The van der Waals surface area contributed by atoms with E-state index in [0.717, 1.165) is 84.0 Å². The number of amides is 2. The van der Waals surface area contributed by atoms with E-state index in [1.54, 1.807) is 19.0 Å². The van der Waals surface area contributed by atoms with Crippen molar-refractivity contribution in [1.82, 2.24) is 24.7 Å². The molecule has 0 radical (unpaired) electrons. The normalized spacial score (nSPS) is 19.1. The molecule has 0 aliphatic carbocycles. The second-order valence-corrected chi connectivity index (χ2v) is 14.2. The minimum Gasteiger partial charge on any atom is -0.461 e. The van der Waals surface area contributed by atoms with Gasteiger partial charge in [-0.3, -0.25) is 14.5 Å². The van der Waals surface area contributed by atoms with E-state index in [4.69, 9.17) is 26.3 Å². The van der Waals surface area contributed by atoms with E-state index in [1.807, 2.05) is 12.1 Å². The summed E-state index contributed by atoms with van der Waals surface area (Å²) in [5, 5.41) is 2.94. The van der Waals surface area contributed by atoms with E-state index >= 15 is 0 Å². The Morgan fingerprint density at radius 2 is 1.77 bits per heavy atom. The number of hydrogen-bond acceptors (Lipinski definition) is 8. The van der Waals surface area contributed by atoms with Crippen molar-refractivity contribution in [2.45, 2.75) is 44.2 Å². The summed E-state index contributed by atoms with van der Waals surface area (Å²) in [7, 11) is 5.42. The van der Waals surface area contributed by atoms with E-state index in [9.17, 15) is 9.59 Å². The number of halogens is 1. The van der Waals surface area contributed by atoms with E-state index < -0.39 is 0 Å². The van der Waals surface area contributed by atoms with E-state index in [0.29, 0.717) is 38.2 Å². The molecule has 47 heavy (non-hydrogen) atoms. The van der Waals surface area contributed by atoms with E-state index in [1.165, 1.54) is 29.9 Å². The number of rotatable bonds is 9. The number of likely N-dealkylation sites (N-methyl/N-ethyl adjacent to an activating group) is 1. The van der Waals surface area contributed by atoms with Gasteiger partial charge in [-0.25, -0.2) is 0 Å². The van der Waals surface area contributed by atoms with Crippen LogP contribution in [0.15, 0.2) is 48.6 Å². The Morgan fingerprint density at radius 3 is 2.51 bits per heavy atom. The fraction of sp³-hybridized carbons (Fsp3) is 0.500. The summed E-state index contributed by atoms with van der Waals surface area (Å²) in [4.78, 5) is 45.0. The number of carbonyl (C=O) groups is 2. The number of anilines is 2. The lowest BCUT2D eigenvalue weighted by atomic mass is 9.95. The summed E-state index contributed by atoms with van der Waals surface area (Å²) in [6.45, 7) is 6.42. The van der Waals surface area contributed by atoms with Gasteiger partial charge in [-0.1, -0.05) is 35.9 Å². The first-order chi connectivity index (χ1) is 22.7. The molecule has 248 valence electrons. The minimum atomic E-state index is -0.197. The second kappa shape index (κ2) is 13.0. The largest absolute Gasteiger partial charge is 0.461 e. The second-order valence-electron chi connectivity index (χ2n) is 13.8. The van der Waals surface area contributed by atoms with Crippen LogP contribution in [0.4, 0.5) is 11.5 Å². The molecule has 11 heteroatoms. The fourth-order valence-electron chi connectivity index (χ4n) is 7.91. The van der Waals surface area contributed by atoms with Crippen LogP contribution >= 0.6 is 11.6 Å². The first kappa shape index (κ1) is 31.7. The zero-order valence-corrected chi connectivity index (χ0v) is 28.4. The van der Waals surface area contributed by atoms with Crippen LogP contribution in [-0.2, 0) is 22.6 Å². The highest BCUT2D eigenvalue weighted by atomic mass is 35.5. The molecule has 4 aliphatic rings. The lowest BCUT2D eigenvalue weighted by Gasteiger charge is -2.41. The first-order valence-electron chi connectivity index (χ1n) is 16.8. The summed E-state index contributed by atoms with van der Waals surface area (Å²) < 4.78 is 6.52. The van der Waals surface area contributed by atoms with E-state index in [2.05, 4.69) is 46.0 Å². The predicted octanol–water partition coefficient (Wildman–Crippen LogP) is 4.39. The topological polar surface area (TPSA) is 85.3 Å². The quantitative estimate of drug-likeness (QED) is 0.314. The third-order valence-electron chi connectivity index (χ3n) is 10.4. The molecule has 0 N–H and O–H groups in total. The number of likely N-dealkylation sites (tertiary alicyclic amines) is 1. The van der Waals surface area contributed by atoms with Gasteiger partial charge in [-0.2, -0.15) is 9.97 Å². The van der Waals surface area contributed by atoms with Gasteiger partial charge in [0, 0.05) is 82.0 Å². The molecule has 7 rings (SSSR count). The van der Waals surface area contributed by atoms with Crippen molar-refractivity contribution in [3.63, 3.8) is 0 Å². The van der Waals surface area contributed by atoms with Crippen molar-refractivity contribution < 1.29 is 14.3 Å². The smallest absolute Gasteiger partial charge is 0.318 e. The molecule has 3 saturated heterocycles. The van der Waals surface area contributed by atoms with Crippen LogP contribution in [0, 0.1) is 5.92 Å². The zero-order chi connectivity index (χ0) is 32.7. The first-order valence-corrected chi connectivity index (χ1v) is 17.2. The van der Waals surface area contributed by atoms with Gasteiger partial charge >= 0.3 is 6.01 Å². The van der Waals surface area contributed by atoms with Crippen molar-refractivity contribution in [2.75, 3.05) is 76.8 Å². The van der Waals surface area contributed by atoms with Crippen molar-refractivity contribution in [2.24, 2.45) is 5.92 Å². The molecular weight excluding hydrogens is 614 g/mol. The Bertz CT molecular complexity index is 1690. The van der Waals surface area contributed by atoms with Gasteiger partial charge < -0.3 is 24.3 Å². The molecule has 4 aliphatic heterocycles. The highest BCUT2D eigenvalue weighted by Gasteiger charge is 2.45. The summed E-state index contributed by atoms with van der Waals surface area (Å²) >= 11 is 6.73. The predicted molar refractivity (Wildman–Crippen MR) is 185 cm³/mol. The minimum absolute atomic E-state index is 0.102. The summed E-state index contributed by atoms with van der Waals surface area (Å²) in [5.74, 6) is 0.889. The van der Waals surface area contributed by atoms with Crippen molar-refractivity contribution in [1.29, 1.82) is 0 Å². The van der Waals surface area contributed by atoms with Crippen LogP contribution in [0.2, 0.25) is 5.02 Å². The molecule has 2 aromatic carbocycles. The van der Waals surface area contributed by atoms with Gasteiger partial charge in [0.1, 0.15) is 12.4 Å². The molecule has 2 amide bonds. The number of hydrogen-bond donors (Lipinski definition) is 0. The Labute approximate surface area is 281 Å². The summed E-state index contributed by atoms with van der Waals surface area (Å²) in [6, 6.07) is 12.8. The maximum absolute atomic E-state index is 12.6. The number of aromatic nitrogens is 2. The summed E-state index contributed by atoms with van der Waals surface area (Å²) in [6.07, 6.45) is 8.26. The number of carbonyl (C=O) groups excluding carboxylic acids is 2. The third-order valence-corrected chi connectivity index (χ3v) is 10.8. The molecule has 3 fully saturated rings. The lowest BCUT2D eigenvalue weighted by Crippen LogP contribution is -2.53. The maximum atomic E-state index is 12.6. The molecule has 0 atom stereocenters. The van der Waals surface area contributed by atoms with Crippen LogP contribution in [0.25, 0.3) is 10.8 Å². The molecule has 1 aromatic heterocycles. The van der Waals surface area contributed by atoms with Crippen molar-refractivity contribution >= 4 is 45.7 Å². The lowest BCUT2D eigenvalue weighted by molar-refractivity contribution is -0.132. The highest BCUT2D eigenvalue weighted by Crippen LogP contribution is 2.40. The maximum Gasteiger partial charge on any atom is 0.318 e. The Kier molecular flexibility index (Phi) is 8.74. The van der Waals surface area contributed by atoms with Crippen LogP contribution in [0.1, 0.15) is 36.9 Å². The fourth-order valence-corrected chi connectivity index (χ4v) is 8.19. The van der Waals surface area contributed by atoms with Crippen molar-refractivity contribution in [3.8, 4) is 6.01 Å². The SMILES string of the molecule is CN(C)C(=O)/C=C/C(=O)N1CC(CN(C)c2nc(OCC34CCCN3CCC4)nc3c2CCN(c2cccc4cccc(Cl)c24)C3)C1. The molecular formula is C36H44ClN7O3. The number of fused-ring (bicyclic) bond motifs is 3. The summed E-state index contributed by atoms with van der Waals surface area (Å²) in [5.41, 5.74) is 3.36. The standard InChI is InChI=1S/C36H44ClN7O3/c1-40(2)31(45)12-13-32(46)43-21-25(22-43)20-41(3)34-27-14-19-42(30-11-5-9-26-8-4-10-28(37)33(26)30)23-29(27)38-35(39-34)47-24-36-15-6-17-44(36)18-7-16-36/h4-5,8-13,25H,6-7,14-24H2,1-3H3/b13-12+. The Balaban J connectivity index is 1.11. The molecule has 3 aromatic rings. The van der Waals surface area contributed by atoms with Gasteiger partial charge in [0.25, 0.3) is 0 Å². The van der Waals surface area contributed by atoms with Crippen molar-refractivity contribution in [3.05, 3.63) is 64.8 Å². The van der Waals surface area contributed by atoms with Gasteiger partial charge in [0.15, 0.2) is 0 Å². The zero-order valence-electron chi connectivity index (χ0n) is 27.6. The molecule has 0 spiro atoms. The van der Waals surface area contributed by atoms with E-state index in [-0.39, 0.29) is 17.4 Å². The number of ether oxygens (including phenoxy) is 1. The van der Waals surface area contributed by atoms with Crippen LogP contribution in [0.5, 0.6) is 6.01 Å². The van der Waals surface area contributed by atoms with Gasteiger partial charge in [0.05, 0.1) is 22.8 Å². The van der Waals surface area contributed by atoms with Crippen LogP contribution in [0.3, 0.4) is 0 Å². The molecule has 5 heterocycles. The van der Waals surface area contributed by atoms with Crippen LogP contribution in [-0.4, -0.2) is 109 Å². The monoisotopic (exact) mass is 657 g/mol. The number of benzene rings is 2. The Morgan fingerprint density at radius 1 is 1.02 bits per heavy atom. The van der Waals surface area contributed by atoms with Gasteiger partial charge in [0.2, 0.25) is 11.8 Å². The molecule has 0 unspecified atom stereocenters. The number of nitrogens with zero attached hydrogens (tertiary/aromatic N) is 7. The van der Waals surface area contributed by atoms with Gasteiger partial charge in [-0.05, 0) is 62.7 Å². The molecule has 10 nitrogen and oxygen atoms in total. The molecule has 0 bridgehead atoms. The molecule has 0 saturated carbocycles. The van der Waals surface area contributed by atoms with Gasteiger partial charge in [-0.15, -0.1) is 0 Å². The van der Waals surface area contributed by atoms with Crippen LogP contribution < -0.4 is 14.5 Å². The Hall–Kier alpha value is -3.89. The average molecular weight is 658 g/mol.